The lowest BCUT2D eigenvalue weighted by Gasteiger charge is -2.21. The molecule has 6 heteroatoms. The standard InChI is InChI=1S/C18H21F2NO3/c1-23-11-17(12-6-7-15(19)16(20)9-12)21-10-18(22)13-4-3-5-14(8-13)24-2/h3-9,17-18,21-22H,10-11H2,1-2H3. The van der Waals surface area contributed by atoms with Crippen LogP contribution in [-0.4, -0.2) is 32.5 Å². The number of nitrogens with one attached hydrogen (secondary N) is 1. The zero-order valence-corrected chi connectivity index (χ0v) is 13.6. The second-order valence-electron chi connectivity index (χ2n) is 5.38. The van der Waals surface area contributed by atoms with E-state index in [1.165, 1.54) is 13.2 Å². The van der Waals surface area contributed by atoms with E-state index in [1.54, 1.807) is 31.4 Å². The smallest absolute Gasteiger partial charge is 0.159 e. The van der Waals surface area contributed by atoms with E-state index in [2.05, 4.69) is 5.32 Å². The second-order valence-corrected chi connectivity index (χ2v) is 5.38. The minimum Gasteiger partial charge on any atom is -0.497 e. The summed E-state index contributed by atoms with van der Waals surface area (Å²) < 4.78 is 36.8. The number of halogens is 2. The zero-order chi connectivity index (χ0) is 17.5. The SMILES string of the molecule is COCC(NCC(O)c1cccc(OC)c1)c1ccc(F)c(F)c1. The van der Waals surface area contributed by atoms with E-state index in [9.17, 15) is 13.9 Å². The Balaban J connectivity index is 2.06. The predicted molar refractivity (Wildman–Crippen MR) is 86.9 cm³/mol. The van der Waals surface area contributed by atoms with Crippen molar-refractivity contribution in [2.45, 2.75) is 12.1 Å². The fourth-order valence-corrected chi connectivity index (χ4v) is 2.39. The Morgan fingerprint density at radius 1 is 1.04 bits per heavy atom. The third kappa shape index (κ3) is 4.74. The Hall–Kier alpha value is -2.02. The number of hydrogen-bond donors (Lipinski definition) is 2. The van der Waals surface area contributed by atoms with Gasteiger partial charge in [-0.3, -0.25) is 0 Å². The van der Waals surface area contributed by atoms with Crippen LogP contribution in [0.3, 0.4) is 0 Å². The molecule has 0 aliphatic carbocycles. The monoisotopic (exact) mass is 337 g/mol. The molecular formula is C18H21F2NO3. The maximum absolute atomic E-state index is 13.4. The summed E-state index contributed by atoms with van der Waals surface area (Å²) in [6, 6.07) is 10.4. The molecule has 2 atom stereocenters. The van der Waals surface area contributed by atoms with Gasteiger partial charge in [-0.1, -0.05) is 18.2 Å². The van der Waals surface area contributed by atoms with Gasteiger partial charge in [-0.25, -0.2) is 8.78 Å². The van der Waals surface area contributed by atoms with Gasteiger partial charge in [-0.05, 0) is 35.4 Å². The summed E-state index contributed by atoms with van der Waals surface area (Å²) in [4.78, 5) is 0. The van der Waals surface area contributed by atoms with Crippen LogP contribution in [0.2, 0.25) is 0 Å². The van der Waals surface area contributed by atoms with E-state index in [0.717, 1.165) is 12.1 Å². The van der Waals surface area contributed by atoms with Gasteiger partial charge in [0.15, 0.2) is 11.6 Å². The van der Waals surface area contributed by atoms with Crippen LogP contribution < -0.4 is 10.1 Å². The molecule has 0 radical (unpaired) electrons. The van der Waals surface area contributed by atoms with Crippen LogP contribution >= 0.6 is 0 Å². The number of aliphatic hydroxyl groups is 1. The van der Waals surface area contributed by atoms with Crippen molar-refractivity contribution in [2.75, 3.05) is 27.4 Å². The first-order valence-electron chi connectivity index (χ1n) is 7.54. The molecule has 130 valence electrons. The van der Waals surface area contributed by atoms with Gasteiger partial charge in [-0.15, -0.1) is 0 Å². The molecule has 0 aliphatic rings. The minimum atomic E-state index is -0.913. The molecule has 0 aromatic heterocycles. The number of ether oxygens (including phenoxy) is 2. The molecule has 0 amide bonds. The number of methoxy groups -OCH3 is 2. The number of rotatable bonds is 8. The van der Waals surface area contributed by atoms with Crippen LogP contribution in [0, 0.1) is 11.6 Å². The summed E-state index contributed by atoms with van der Waals surface area (Å²) in [5.74, 6) is -1.16. The molecule has 4 nitrogen and oxygen atoms in total. The van der Waals surface area contributed by atoms with Crippen LogP contribution in [0.25, 0.3) is 0 Å². The van der Waals surface area contributed by atoms with E-state index in [-0.39, 0.29) is 19.2 Å². The normalized spacial score (nSPS) is 13.5. The Morgan fingerprint density at radius 3 is 2.50 bits per heavy atom. The zero-order valence-electron chi connectivity index (χ0n) is 13.6. The minimum absolute atomic E-state index is 0.222. The summed E-state index contributed by atoms with van der Waals surface area (Å²) in [7, 11) is 3.08. The molecule has 0 heterocycles. The predicted octanol–water partition coefficient (Wildman–Crippen LogP) is 2.98. The van der Waals surface area contributed by atoms with Crippen LogP contribution in [0.5, 0.6) is 5.75 Å². The number of benzene rings is 2. The highest BCUT2D eigenvalue weighted by Crippen LogP contribution is 2.21. The lowest BCUT2D eigenvalue weighted by atomic mass is 10.1. The van der Waals surface area contributed by atoms with Gasteiger partial charge in [-0.2, -0.15) is 0 Å². The van der Waals surface area contributed by atoms with Gasteiger partial charge in [0.1, 0.15) is 5.75 Å². The summed E-state index contributed by atoms with van der Waals surface area (Å²) in [5, 5.41) is 13.4. The molecule has 2 N–H and O–H groups in total. The van der Waals surface area contributed by atoms with Crippen molar-refractivity contribution in [1.82, 2.24) is 5.32 Å². The van der Waals surface area contributed by atoms with Crippen LogP contribution in [0.1, 0.15) is 23.3 Å². The van der Waals surface area contributed by atoms with Crippen LogP contribution in [0.4, 0.5) is 8.78 Å². The molecule has 2 aromatic carbocycles. The van der Waals surface area contributed by atoms with Gasteiger partial charge in [0.25, 0.3) is 0 Å². The molecule has 0 fully saturated rings. The molecule has 0 bridgehead atoms. The molecule has 2 aromatic rings. The van der Waals surface area contributed by atoms with Gasteiger partial charge < -0.3 is 19.9 Å². The lowest BCUT2D eigenvalue weighted by molar-refractivity contribution is 0.139. The van der Waals surface area contributed by atoms with Crippen LogP contribution in [0.15, 0.2) is 42.5 Å². The number of aliphatic hydroxyl groups excluding tert-OH is 1. The van der Waals surface area contributed by atoms with Gasteiger partial charge in [0.2, 0.25) is 0 Å². The fourth-order valence-electron chi connectivity index (χ4n) is 2.39. The highest BCUT2D eigenvalue weighted by Gasteiger charge is 2.16. The Kier molecular flexibility index (Phi) is 6.66. The van der Waals surface area contributed by atoms with Crippen molar-refractivity contribution in [3.8, 4) is 5.75 Å². The first-order valence-corrected chi connectivity index (χ1v) is 7.54. The van der Waals surface area contributed by atoms with Crippen molar-refractivity contribution < 1.29 is 23.4 Å². The molecule has 0 spiro atoms. The second kappa shape index (κ2) is 8.73. The Labute approximate surface area is 140 Å². The Morgan fingerprint density at radius 2 is 1.83 bits per heavy atom. The average Bonchev–Trinajstić information content (AvgIpc) is 2.60. The van der Waals surface area contributed by atoms with E-state index in [0.29, 0.717) is 16.9 Å². The Bertz CT molecular complexity index is 666. The fraction of sp³-hybridized carbons (Fsp3) is 0.333. The largest absolute Gasteiger partial charge is 0.497 e. The van der Waals surface area contributed by atoms with Crippen molar-refractivity contribution in [2.24, 2.45) is 0 Å². The van der Waals surface area contributed by atoms with Crippen molar-refractivity contribution in [3.63, 3.8) is 0 Å². The van der Waals surface area contributed by atoms with Crippen molar-refractivity contribution in [3.05, 3.63) is 65.2 Å². The molecule has 2 unspecified atom stereocenters. The van der Waals surface area contributed by atoms with Gasteiger partial charge in [0, 0.05) is 13.7 Å². The van der Waals surface area contributed by atoms with Gasteiger partial charge >= 0.3 is 0 Å². The van der Waals surface area contributed by atoms with E-state index in [4.69, 9.17) is 9.47 Å². The summed E-state index contributed by atoms with van der Waals surface area (Å²) in [6.45, 7) is 0.482. The quantitative estimate of drug-likeness (QED) is 0.778. The molecule has 24 heavy (non-hydrogen) atoms. The first kappa shape index (κ1) is 18.3. The van der Waals surface area contributed by atoms with E-state index >= 15 is 0 Å². The first-order chi connectivity index (χ1) is 11.5. The maximum Gasteiger partial charge on any atom is 0.159 e. The number of hydrogen-bond acceptors (Lipinski definition) is 4. The van der Waals surface area contributed by atoms with Crippen LogP contribution in [-0.2, 0) is 4.74 Å². The third-order valence-corrected chi connectivity index (χ3v) is 3.72. The molecule has 2 rings (SSSR count). The highest BCUT2D eigenvalue weighted by molar-refractivity contribution is 5.30. The summed E-state index contributed by atoms with van der Waals surface area (Å²) >= 11 is 0. The van der Waals surface area contributed by atoms with E-state index in [1.807, 2.05) is 0 Å². The van der Waals surface area contributed by atoms with Crippen molar-refractivity contribution >= 4 is 0 Å². The summed E-state index contributed by atoms with van der Waals surface area (Å²) in [6.07, 6.45) is -0.773. The maximum atomic E-state index is 13.4. The molecular weight excluding hydrogens is 316 g/mol. The van der Waals surface area contributed by atoms with E-state index < -0.39 is 17.7 Å². The van der Waals surface area contributed by atoms with Gasteiger partial charge in [0.05, 0.1) is 25.9 Å². The summed E-state index contributed by atoms with van der Waals surface area (Å²) in [5.41, 5.74) is 1.25. The lowest BCUT2D eigenvalue weighted by Crippen LogP contribution is -2.29. The highest BCUT2D eigenvalue weighted by atomic mass is 19.2. The molecule has 0 aliphatic heterocycles. The topological polar surface area (TPSA) is 50.7 Å². The van der Waals surface area contributed by atoms with Crippen molar-refractivity contribution in [1.29, 1.82) is 0 Å². The molecule has 0 saturated heterocycles. The third-order valence-electron chi connectivity index (χ3n) is 3.72. The average molecular weight is 337 g/mol. The molecule has 0 saturated carbocycles.